The van der Waals surface area contributed by atoms with Gasteiger partial charge in [-0.1, -0.05) is 0 Å². The summed E-state index contributed by atoms with van der Waals surface area (Å²) in [5, 5.41) is 29.3. The van der Waals surface area contributed by atoms with Crippen molar-refractivity contribution in [3.8, 4) is 28.4 Å². The molecule has 174 valence electrons. The minimum absolute atomic E-state index is 0.0632. The minimum Gasteiger partial charge on any atom is -0.508 e. The Morgan fingerprint density at radius 2 is 1.49 bits per heavy atom. The van der Waals surface area contributed by atoms with Crippen LogP contribution in [0.15, 0.2) is 61.1 Å². The highest BCUT2D eigenvalue weighted by molar-refractivity contribution is 6.17. The molecular weight excluding hydrogens is 456 g/mol. The van der Waals surface area contributed by atoms with Gasteiger partial charge in [0, 0.05) is 23.3 Å². The molecule has 9 heteroatoms. The molecule has 3 aromatic carbocycles. The fourth-order valence-corrected chi connectivity index (χ4v) is 4.20. The minimum atomic E-state index is -0.644. The lowest BCUT2D eigenvalue weighted by Crippen LogP contribution is -2.14. The van der Waals surface area contributed by atoms with Gasteiger partial charge in [0.25, 0.3) is 0 Å². The third-order valence-electron chi connectivity index (χ3n) is 5.82. The van der Waals surface area contributed by atoms with Crippen molar-refractivity contribution in [3.63, 3.8) is 0 Å². The molecule has 0 saturated carbocycles. The van der Waals surface area contributed by atoms with Crippen LogP contribution in [0.1, 0.15) is 34.6 Å². The summed E-state index contributed by atoms with van der Waals surface area (Å²) in [5.74, 6) is -2.31. The van der Waals surface area contributed by atoms with Gasteiger partial charge < -0.3 is 24.2 Å². The van der Waals surface area contributed by atoms with Gasteiger partial charge in [0.2, 0.25) is 10.9 Å². The van der Waals surface area contributed by atoms with Gasteiger partial charge in [0.05, 0.1) is 27.3 Å². The molecule has 0 aliphatic rings. The first-order chi connectivity index (χ1) is 16.6. The van der Waals surface area contributed by atoms with Crippen molar-refractivity contribution in [2.24, 2.45) is 0 Å². The van der Waals surface area contributed by atoms with Gasteiger partial charge in [0.15, 0.2) is 23.1 Å². The van der Waals surface area contributed by atoms with Crippen LogP contribution < -0.4 is 10.9 Å². The molecule has 0 aliphatic heterocycles. The average Bonchev–Trinajstić information content (AvgIpc) is 2.79. The second kappa shape index (κ2) is 7.56. The summed E-state index contributed by atoms with van der Waals surface area (Å²) < 4.78 is 11.4. The van der Waals surface area contributed by atoms with Crippen LogP contribution in [0.4, 0.5) is 0 Å². The number of carbonyl (C=O) groups is 2. The molecule has 2 aromatic heterocycles. The number of ketones is 2. The standard InChI is InChI=1S/C26H16O9/c1-10(27)14-6-16-25(33)15-7-18(30)19(31)8-21(15)35-26(16)22(11(2)28)23(14)17-9-34-20-5-12(29)3-4-13(20)24(17)32/h3-9,29-31H,1-2H3. The number of hydrogen-bond donors (Lipinski definition) is 3. The lowest BCUT2D eigenvalue weighted by atomic mass is 9.88. The number of Topliss-reactive ketones (excluding diaryl/α,β-unsaturated/α-hetero) is 2. The fraction of sp³-hybridized carbons (Fsp3) is 0.0769. The second-order valence-corrected chi connectivity index (χ2v) is 8.09. The molecule has 3 N–H and O–H groups in total. The van der Waals surface area contributed by atoms with E-state index in [1.165, 1.54) is 38.1 Å². The zero-order valence-corrected chi connectivity index (χ0v) is 18.3. The van der Waals surface area contributed by atoms with E-state index in [2.05, 4.69) is 0 Å². The van der Waals surface area contributed by atoms with E-state index >= 15 is 0 Å². The Morgan fingerprint density at radius 1 is 0.771 bits per heavy atom. The maximum absolute atomic E-state index is 13.4. The summed E-state index contributed by atoms with van der Waals surface area (Å²) in [6.45, 7) is 2.42. The number of hydrogen-bond acceptors (Lipinski definition) is 9. The van der Waals surface area contributed by atoms with Gasteiger partial charge in [-0.15, -0.1) is 0 Å². The van der Waals surface area contributed by atoms with E-state index in [0.29, 0.717) is 0 Å². The van der Waals surface area contributed by atoms with Gasteiger partial charge in [0.1, 0.15) is 28.8 Å². The van der Waals surface area contributed by atoms with E-state index < -0.39 is 33.9 Å². The average molecular weight is 472 g/mol. The molecule has 0 amide bonds. The molecule has 0 atom stereocenters. The zero-order chi connectivity index (χ0) is 25.2. The number of phenolic OH excluding ortho intramolecular Hbond substituents is 3. The first kappa shape index (κ1) is 21.9. The van der Waals surface area contributed by atoms with Crippen molar-refractivity contribution < 1.29 is 33.7 Å². The molecule has 0 radical (unpaired) electrons. The van der Waals surface area contributed by atoms with Gasteiger partial charge >= 0.3 is 0 Å². The van der Waals surface area contributed by atoms with Crippen molar-refractivity contribution in [2.75, 3.05) is 0 Å². The molecule has 0 saturated heterocycles. The normalized spacial score (nSPS) is 11.4. The van der Waals surface area contributed by atoms with Crippen LogP contribution in [-0.4, -0.2) is 26.9 Å². The van der Waals surface area contributed by atoms with Crippen molar-refractivity contribution in [3.05, 3.63) is 74.2 Å². The molecule has 0 bridgehead atoms. The van der Waals surface area contributed by atoms with E-state index in [-0.39, 0.29) is 60.9 Å². The largest absolute Gasteiger partial charge is 0.508 e. The van der Waals surface area contributed by atoms with Crippen LogP contribution in [-0.2, 0) is 0 Å². The quantitative estimate of drug-likeness (QED) is 0.199. The highest BCUT2D eigenvalue weighted by atomic mass is 16.3. The molecule has 9 nitrogen and oxygen atoms in total. The van der Waals surface area contributed by atoms with Crippen molar-refractivity contribution in [2.45, 2.75) is 13.8 Å². The molecule has 5 rings (SSSR count). The van der Waals surface area contributed by atoms with Gasteiger partial charge in [-0.05, 0) is 38.1 Å². The van der Waals surface area contributed by atoms with Crippen LogP contribution in [0.5, 0.6) is 17.2 Å². The SMILES string of the molecule is CC(=O)c1cc2c(=O)c3cc(O)c(O)cc3oc2c(C(C)=O)c1-c1coc2cc(O)ccc2c1=O. The van der Waals surface area contributed by atoms with Crippen molar-refractivity contribution in [1.29, 1.82) is 0 Å². The lowest BCUT2D eigenvalue weighted by molar-refractivity contribution is 0.101. The number of fused-ring (bicyclic) bond motifs is 3. The maximum atomic E-state index is 13.4. The van der Waals surface area contributed by atoms with Crippen LogP contribution in [0, 0.1) is 0 Å². The molecule has 0 fully saturated rings. The second-order valence-electron chi connectivity index (χ2n) is 8.09. The third kappa shape index (κ3) is 3.24. The molecule has 35 heavy (non-hydrogen) atoms. The Hall–Kier alpha value is -4.92. The fourth-order valence-electron chi connectivity index (χ4n) is 4.20. The number of rotatable bonds is 3. The van der Waals surface area contributed by atoms with Crippen LogP contribution in [0.3, 0.4) is 0 Å². The molecular formula is C26H16O9. The Kier molecular flexibility index (Phi) is 4.73. The first-order valence-electron chi connectivity index (χ1n) is 10.3. The Bertz CT molecular complexity index is 1870. The maximum Gasteiger partial charge on any atom is 0.200 e. The zero-order valence-electron chi connectivity index (χ0n) is 18.3. The number of benzene rings is 3. The van der Waals surface area contributed by atoms with Crippen LogP contribution in [0.25, 0.3) is 44.0 Å². The van der Waals surface area contributed by atoms with Crippen LogP contribution >= 0.6 is 0 Å². The highest BCUT2D eigenvalue weighted by Crippen LogP contribution is 2.37. The Morgan fingerprint density at radius 3 is 2.17 bits per heavy atom. The Balaban J connectivity index is 2.01. The third-order valence-corrected chi connectivity index (χ3v) is 5.82. The van der Waals surface area contributed by atoms with Gasteiger partial charge in [-0.25, -0.2) is 0 Å². The number of aromatic hydroxyl groups is 3. The summed E-state index contributed by atoms with van der Waals surface area (Å²) in [6, 6.07) is 7.20. The Labute approximate surface area is 195 Å². The van der Waals surface area contributed by atoms with Crippen LogP contribution in [0.2, 0.25) is 0 Å². The van der Waals surface area contributed by atoms with Gasteiger partial charge in [-0.2, -0.15) is 0 Å². The summed E-state index contributed by atoms with van der Waals surface area (Å²) in [4.78, 5) is 52.2. The summed E-state index contributed by atoms with van der Waals surface area (Å²) in [7, 11) is 0. The van der Waals surface area contributed by atoms with E-state index in [1.807, 2.05) is 0 Å². The van der Waals surface area contributed by atoms with E-state index in [1.54, 1.807) is 0 Å². The van der Waals surface area contributed by atoms with E-state index in [4.69, 9.17) is 8.83 Å². The monoisotopic (exact) mass is 472 g/mol. The predicted molar refractivity (Wildman–Crippen MR) is 126 cm³/mol. The molecule has 2 heterocycles. The van der Waals surface area contributed by atoms with Gasteiger partial charge in [-0.3, -0.25) is 19.2 Å². The molecule has 0 spiro atoms. The number of carbonyl (C=O) groups excluding carboxylic acids is 2. The predicted octanol–water partition coefficient (Wildman–Crippen LogP) is 4.24. The van der Waals surface area contributed by atoms with E-state index in [9.17, 15) is 34.5 Å². The van der Waals surface area contributed by atoms with E-state index in [0.717, 1.165) is 18.4 Å². The molecule has 0 aliphatic carbocycles. The lowest BCUT2D eigenvalue weighted by Gasteiger charge is -2.15. The summed E-state index contributed by atoms with van der Waals surface area (Å²) >= 11 is 0. The summed E-state index contributed by atoms with van der Waals surface area (Å²) in [5.41, 5.74) is -1.86. The highest BCUT2D eigenvalue weighted by Gasteiger charge is 2.27. The summed E-state index contributed by atoms with van der Waals surface area (Å²) in [6.07, 6.45) is 1.08. The molecule has 5 aromatic rings. The number of phenols is 3. The van der Waals surface area contributed by atoms with Crippen molar-refractivity contribution in [1.82, 2.24) is 0 Å². The smallest absolute Gasteiger partial charge is 0.200 e. The molecule has 0 unspecified atom stereocenters. The first-order valence-corrected chi connectivity index (χ1v) is 10.3. The van der Waals surface area contributed by atoms with Crippen molar-refractivity contribution >= 4 is 44.5 Å². The topological polar surface area (TPSA) is 155 Å².